The third-order valence-corrected chi connectivity index (χ3v) is 4.48. The fourth-order valence-corrected chi connectivity index (χ4v) is 3.46. The molecule has 1 aromatic heterocycles. The molecule has 1 aromatic carbocycles. The van der Waals surface area contributed by atoms with Crippen LogP contribution in [0.5, 0.6) is 0 Å². The van der Waals surface area contributed by atoms with Gasteiger partial charge in [0.2, 0.25) is 5.91 Å². The Morgan fingerprint density at radius 1 is 1.40 bits per heavy atom. The maximum absolute atomic E-state index is 12.1. The molecule has 0 aliphatic carbocycles. The number of hydrogen-bond acceptors (Lipinski definition) is 3. The minimum Gasteiger partial charge on any atom is -0.324 e. The molecule has 2 atom stereocenters. The number of anilines is 1. The van der Waals surface area contributed by atoms with Crippen molar-refractivity contribution in [3.8, 4) is 0 Å². The van der Waals surface area contributed by atoms with Gasteiger partial charge in [0.1, 0.15) is 6.04 Å². The number of rotatable bonds is 4. The van der Waals surface area contributed by atoms with Gasteiger partial charge < -0.3 is 5.32 Å². The second-order valence-electron chi connectivity index (χ2n) is 5.36. The van der Waals surface area contributed by atoms with Crippen molar-refractivity contribution in [1.29, 1.82) is 0 Å². The molecule has 0 fully saturated rings. The highest BCUT2D eigenvalue weighted by Gasteiger charge is 2.31. The Bertz CT molecular complexity index is 621. The van der Waals surface area contributed by atoms with E-state index in [1.807, 2.05) is 12.1 Å². The summed E-state index contributed by atoms with van der Waals surface area (Å²) in [5, 5.41) is 8.47. The van der Waals surface area contributed by atoms with E-state index in [2.05, 4.69) is 48.1 Å². The number of aryl methyl sites for hydroxylation is 1. The Morgan fingerprint density at radius 3 is 3.00 bits per heavy atom. The van der Waals surface area contributed by atoms with Crippen LogP contribution in [0.1, 0.15) is 29.0 Å². The lowest BCUT2D eigenvalue weighted by Crippen LogP contribution is -2.35. The molecule has 4 heteroatoms. The summed E-state index contributed by atoms with van der Waals surface area (Å²) < 4.78 is 0. The van der Waals surface area contributed by atoms with E-state index in [1.54, 1.807) is 11.3 Å². The van der Waals surface area contributed by atoms with Crippen molar-refractivity contribution in [3.63, 3.8) is 0 Å². The highest BCUT2D eigenvalue weighted by atomic mass is 32.1. The van der Waals surface area contributed by atoms with Gasteiger partial charge in [-0.05, 0) is 37.8 Å². The number of fused-ring (bicyclic) bond motifs is 1. The highest BCUT2D eigenvalue weighted by molar-refractivity contribution is 7.09. The lowest BCUT2D eigenvalue weighted by Gasteiger charge is -2.18. The molecule has 2 N–H and O–H groups in total. The monoisotopic (exact) mass is 286 g/mol. The van der Waals surface area contributed by atoms with Gasteiger partial charge in [-0.15, -0.1) is 11.3 Å². The molecule has 104 valence electrons. The van der Waals surface area contributed by atoms with Crippen LogP contribution in [-0.4, -0.2) is 11.9 Å². The van der Waals surface area contributed by atoms with Crippen molar-refractivity contribution < 1.29 is 4.79 Å². The Hall–Kier alpha value is -1.65. The van der Waals surface area contributed by atoms with Crippen LogP contribution in [0, 0.1) is 6.92 Å². The second kappa shape index (κ2) is 5.38. The maximum atomic E-state index is 12.1. The average Bonchev–Trinajstić information content (AvgIpc) is 3.00. The van der Waals surface area contributed by atoms with Gasteiger partial charge in [0.15, 0.2) is 0 Å². The second-order valence-corrected chi connectivity index (χ2v) is 6.40. The number of carbonyl (C=O) groups excluding carboxylic acids is 1. The van der Waals surface area contributed by atoms with Crippen LogP contribution in [0.15, 0.2) is 35.7 Å². The van der Waals surface area contributed by atoms with E-state index in [0.29, 0.717) is 0 Å². The first-order chi connectivity index (χ1) is 9.63. The topological polar surface area (TPSA) is 41.1 Å². The van der Waals surface area contributed by atoms with Crippen molar-refractivity contribution in [2.75, 3.05) is 5.32 Å². The van der Waals surface area contributed by atoms with Gasteiger partial charge in [-0.2, -0.15) is 0 Å². The van der Waals surface area contributed by atoms with E-state index in [-0.39, 0.29) is 18.0 Å². The zero-order valence-corrected chi connectivity index (χ0v) is 12.5. The van der Waals surface area contributed by atoms with Crippen molar-refractivity contribution in [3.05, 3.63) is 51.7 Å². The number of benzene rings is 1. The predicted octanol–water partition coefficient (Wildman–Crippen LogP) is 3.27. The zero-order chi connectivity index (χ0) is 14.1. The first-order valence-corrected chi connectivity index (χ1v) is 7.71. The number of nitrogens with one attached hydrogen (secondary N) is 2. The zero-order valence-electron chi connectivity index (χ0n) is 11.6. The number of amides is 1. The smallest absolute Gasteiger partial charge is 0.246 e. The molecule has 0 saturated heterocycles. The molecule has 3 rings (SSSR count). The summed E-state index contributed by atoms with van der Waals surface area (Å²) in [4.78, 5) is 13.5. The standard InChI is InChI=1S/C16H18N2OS/c1-10-5-6-14-13(8-10)15(16(19)18-14)17-11(2)9-12-4-3-7-20-12/h3-8,11,15,17H,9H2,1-2H3,(H,18,19). The highest BCUT2D eigenvalue weighted by Crippen LogP contribution is 2.31. The quantitative estimate of drug-likeness (QED) is 0.905. The lowest BCUT2D eigenvalue weighted by molar-refractivity contribution is -0.117. The summed E-state index contributed by atoms with van der Waals surface area (Å²) in [6.07, 6.45) is 0.947. The molecule has 1 amide bonds. The van der Waals surface area contributed by atoms with E-state index < -0.39 is 0 Å². The number of carbonyl (C=O) groups is 1. The van der Waals surface area contributed by atoms with E-state index in [4.69, 9.17) is 0 Å². The fourth-order valence-electron chi connectivity index (χ4n) is 2.62. The summed E-state index contributed by atoms with van der Waals surface area (Å²) in [6.45, 7) is 4.18. The largest absolute Gasteiger partial charge is 0.324 e. The summed E-state index contributed by atoms with van der Waals surface area (Å²) in [7, 11) is 0. The van der Waals surface area contributed by atoms with E-state index in [9.17, 15) is 4.79 Å². The summed E-state index contributed by atoms with van der Waals surface area (Å²) >= 11 is 1.76. The maximum Gasteiger partial charge on any atom is 0.246 e. The molecule has 0 spiro atoms. The summed E-state index contributed by atoms with van der Waals surface area (Å²) in [6, 6.07) is 10.3. The molecule has 0 bridgehead atoms. The molecule has 1 aliphatic heterocycles. The van der Waals surface area contributed by atoms with Gasteiger partial charge >= 0.3 is 0 Å². The lowest BCUT2D eigenvalue weighted by atomic mass is 10.0. The average molecular weight is 286 g/mol. The van der Waals surface area contributed by atoms with Crippen LogP contribution in [0.25, 0.3) is 0 Å². The molecule has 2 heterocycles. The molecular weight excluding hydrogens is 268 g/mol. The van der Waals surface area contributed by atoms with Crippen molar-refractivity contribution in [1.82, 2.24) is 5.32 Å². The third-order valence-electron chi connectivity index (χ3n) is 3.58. The minimum absolute atomic E-state index is 0.0450. The Labute approximate surface area is 123 Å². The van der Waals surface area contributed by atoms with Gasteiger partial charge in [-0.3, -0.25) is 10.1 Å². The number of thiophene rings is 1. The SMILES string of the molecule is Cc1ccc2c(c1)C(NC(C)Cc1cccs1)C(=O)N2. The van der Waals surface area contributed by atoms with Gasteiger partial charge in [0, 0.05) is 22.2 Å². The van der Waals surface area contributed by atoms with Gasteiger partial charge in [-0.25, -0.2) is 0 Å². The van der Waals surface area contributed by atoms with Crippen LogP contribution >= 0.6 is 11.3 Å². The van der Waals surface area contributed by atoms with Crippen LogP contribution < -0.4 is 10.6 Å². The Kier molecular flexibility index (Phi) is 3.59. The van der Waals surface area contributed by atoms with Crippen LogP contribution in [-0.2, 0) is 11.2 Å². The molecule has 2 unspecified atom stereocenters. The first-order valence-electron chi connectivity index (χ1n) is 6.83. The number of hydrogen-bond donors (Lipinski definition) is 2. The van der Waals surface area contributed by atoms with Crippen LogP contribution in [0.4, 0.5) is 5.69 Å². The summed E-state index contributed by atoms with van der Waals surface area (Å²) in [5.41, 5.74) is 3.17. The Balaban J connectivity index is 1.74. The first kappa shape index (κ1) is 13.3. The molecule has 0 radical (unpaired) electrons. The van der Waals surface area contributed by atoms with Gasteiger partial charge in [0.05, 0.1) is 0 Å². The molecule has 20 heavy (non-hydrogen) atoms. The molecule has 1 aliphatic rings. The molecule has 0 saturated carbocycles. The normalized spacial score (nSPS) is 18.7. The molecular formula is C16H18N2OS. The van der Waals surface area contributed by atoms with Gasteiger partial charge in [-0.1, -0.05) is 23.8 Å². The van der Waals surface area contributed by atoms with Crippen molar-refractivity contribution in [2.45, 2.75) is 32.4 Å². The van der Waals surface area contributed by atoms with Crippen molar-refractivity contribution >= 4 is 22.9 Å². The van der Waals surface area contributed by atoms with E-state index in [1.165, 1.54) is 10.4 Å². The van der Waals surface area contributed by atoms with Crippen LogP contribution in [0.3, 0.4) is 0 Å². The predicted molar refractivity (Wildman–Crippen MR) is 83.2 cm³/mol. The van der Waals surface area contributed by atoms with E-state index in [0.717, 1.165) is 17.7 Å². The minimum atomic E-state index is -0.236. The Morgan fingerprint density at radius 2 is 2.25 bits per heavy atom. The van der Waals surface area contributed by atoms with E-state index >= 15 is 0 Å². The third kappa shape index (κ3) is 2.62. The molecule has 3 nitrogen and oxygen atoms in total. The van der Waals surface area contributed by atoms with Crippen molar-refractivity contribution in [2.24, 2.45) is 0 Å². The van der Waals surface area contributed by atoms with Gasteiger partial charge in [0.25, 0.3) is 0 Å². The van der Waals surface area contributed by atoms with Crippen LogP contribution in [0.2, 0.25) is 0 Å². The fraction of sp³-hybridized carbons (Fsp3) is 0.312. The molecule has 2 aromatic rings. The summed E-state index contributed by atoms with van der Waals surface area (Å²) in [5.74, 6) is 0.0450.